The highest BCUT2D eigenvalue weighted by Gasteiger charge is 1.91. The Labute approximate surface area is 57.4 Å². The first kappa shape index (κ1) is 6.49. The van der Waals surface area contributed by atoms with Crippen molar-refractivity contribution >= 4 is 0 Å². The Morgan fingerprint density at radius 3 is 3.00 bits per heavy atom. The summed E-state index contributed by atoms with van der Waals surface area (Å²) in [6.07, 6.45) is 2.69. The third-order valence-corrected chi connectivity index (χ3v) is 1.08. The van der Waals surface area contributed by atoms with E-state index in [9.17, 15) is 4.79 Å². The molecule has 50 valence electrons. The van der Waals surface area contributed by atoms with E-state index in [1.807, 2.05) is 6.07 Å². The van der Waals surface area contributed by atoms with Crippen molar-refractivity contribution in [1.82, 2.24) is 9.55 Å². The lowest BCUT2D eigenvalue weighted by atomic mass is 10.4. The average molecular weight is 135 g/mol. The van der Waals surface area contributed by atoms with E-state index in [2.05, 4.69) is 4.98 Å². The van der Waals surface area contributed by atoms with Crippen molar-refractivity contribution in [2.24, 2.45) is 7.05 Å². The Morgan fingerprint density at radius 1 is 1.80 bits per heavy atom. The molecule has 4 nitrogen and oxygen atoms in total. The monoisotopic (exact) mass is 135 g/mol. The second-order valence-electron chi connectivity index (χ2n) is 1.85. The van der Waals surface area contributed by atoms with Crippen LogP contribution in [0.15, 0.2) is 17.2 Å². The van der Waals surface area contributed by atoms with Gasteiger partial charge in [-0.2, -0.15) is 5.26 Å². The molecule has 0 aliphatic carbocycles. The fourth-order valence-electron chi connectivity index (χ4n) is 0.571. The zero-order valence-electron chi connectivity index (χ0n) is 5.40. The number of aryl methyl sites for hydroxylation is 1. The summed E-state index contributed by atoms with van der Waals surface area (Å²) < 4.78 is 1.26. The Kier molecular flexibility index (Phi) is 1.50. The van der Waals surface area contributed by atoms with Crippen LogP contribution in [0.4, 0.5) is 0 Å². The number of hydrogen-bond donors (Lipinski definition) is 0. The lowest BCUT2D eigenvalue weighted by Gasteiger charge is -1.92. The van der Waals surface area contributed by atoms with Crippen molar-refractivity contribution in [3.63, 3.8) is 0 Å². The van der Waals surface area contributed by atoms with Crippen LogP contribution in [0.3, 0.4) is 0 Å². The number of nitrogens with zero attached hydrogens (tertiary/aromatic N) is 3. The molecule has 0 saturated carbocycles. The van der Waals surface area contributed by atoms with E-state index >= 15 is 0 Å². The molecule has 0 bridgehead atoms. The summed E-state index contributed by atoms with van der Waals surface area (Å²) in [5, 5.41) is 8.35. The SMILES string of the molecule is Cn1cc(C#N)cnc1=O. The van der Waals surface area contributed by atoms with Crippen LogP contribution in [0.1, 0.15) is 5.56 Å². The molecule has 0 aliphatic rings. The van der Waals surface area contributed by atoms with Crippen LogP contribution < -0.4 is 5.69 Å². The van der Waals surface area contributed by atoms with Gasteiger partial charge in [0.15, 0.2) is 0 Å². The third-order valence-electron chi connectivity index (χ3n) is 1.08. The maximum Gasteiger partial charge on any atom is 0.347 e. The molecule has 4 heteroatoms. The van der Waals surface area contributed by atoms with Crippen LogP contribution in [0, 0.1) is 11.3 Å². The van der Waals surface area contributed by atoms with Gasteiger partial charge < -0.3 is 4.57 Å². The third kappa shape index (κ3) is 1.03. The molecule has 0 atom stereocenters. The fraction of sp³-hybridized carbons (Fsp3) is 0.167. The topological polar surface area (TPSA) is 58.7 Å². The number of nitriles is 1. The van der Waals surface area contributed by atoms with Gasteiger partial charge in [0, 0.05) is 13.2 Å². The summed E-state index contributed by atoms with van der Waals surface area (Å²) in [6.45, 7) is 0. The minimum atomic E-state index is -0.348. The quantitative estimate of drug-likeness (QED) is 0.488. The second-order valence-corrected chi connectivity index (χ2v) is 1.85. The normalized spacial score (nSPS) is 8.80. The summed E-state index contributed by atoms with van der Waals surface area (Å²) in [5.74, 6) is 0. The van der Waals surface area contributed by atoms with E-state index in [1.54, 1.807) is 7.05 Å². The van der Waals surface area contributed by atoms with E-state index in [0.717, 1.165) is 0 Å². The first-order valence-corrected chi connectivity index (χ1v) is 2.67. The summed E-state index contributed by atoms with van der Waals surface area (Å²) in [6, 6.07) is 1.87. The van der Waals surface area contributed by atoms with Gasteiger partial charge in [0.2, 0.25) is 0 Å². The minimum absolute atomic E-state index is 0.348. The second kappa shape index (κ2) is 2.31. The van der Waals surface area contributed by atoms with Crippen molar-refractivity contribution < 1.29 is 0 Å². The van der Waals surface area contributed by atoms with Crippen molar-refractivity contribution in [1.29, 1.82) is 5.26 Å². The predicted octanol–water partition coefficient (Wildman–Crippen LogP) is -0.348. The van der Waals surface area contributed by atoms with Gasteiger partial charge in [-0.3, -0.25) is 0 Å². The predicted molar refractivity (Wildman–Crippen MR) is 34.2 cm³/mol. The van der Waals surface area contributed by atoms with Gasteiger partial charge in [0.25, 0.3) is 0 Å². The Bertz CT molecular complexity index is 334. The smallest absolute Gasteiger partial charge is 0.301 e. The molecule has 1 heterocycles. The maximum atomic E-state index is 10.6. The molecule has 1 rings (SSSR count). The van der Waals surface area contributed by atoms with Crippen LogP contribution in [-0.4, -0.2) is 9.55 Å². The molecule has 0 fully saturated rings. The molecule has 0 aliphatic heterocycles. The standard InChI is InChI=1S/C6H5N3O/c1-9-4-5(2-7)3-8-6(9)10/h3-4H,1H3. The van der Waals surface area contributed by atoms with Crippen LogP contribution in [0.2, 0.25) is 0 Å². The molecule has 1 aromatic rings. The summed E-state index contributed by atoms with van der Waals surface area (Å²) in [4.78, 5) is 14.1. The zero-order valence-corrected chi connectivity index (χ0v) is 5.40. The van der Waals surface area contributed by atoms with Crippen molar-refractivity contribution in [2.45, 2.75) is 0 Å². The highest BCUT2D eigenvalue weighted by atomic mass is 16.1. The van der Waals surface area contributed by atoms with Gasteiger partial charge in [-0.15, -0.1) is 0 Å². The molecule has 0 spiro atoms. The molecule has 0 aromatic carbocycles. The lowest BCUT2D eigenvalue weighted by molar-refractivity contribution is 0.806. The van der Waals surface area contributed by atoms with E-state index in [1.165, 1.54) is 17.0 Å². The molecule has 0 N–H and O–H groups in total. The van der Waals surface area contributed by atoms with E-state index in [4.69, 9.17) is 5.26 Å². The van der Waals surface area contributed by atoms with E-state index in [-0.39, 0.29) is 5.69 Å². The van der Waals surface area contributed by atoms with Crippen LogP contribution in [-0.2, 0) is 7.05 Å². The van der Waals surface area contributed by atoms with Gasteiger partial charge in [-0.1, -0.05) is 0 Å². The highest BCUT2D eigenvalue weighted by Crippen LogP contribution is 1.86. The zero-order chi connectivity index (χ0) is 7.56. The average Bonchev–Trinajstić information content (AvgIpc) is 1.95. The van der Waals surface area contributed by atoms with Crippen molar-refractivity contribution in [2.75, 3.05) is 0 Å². The van der Waals surface area contributed by atoms with Gasteiger partial charge in [0.1, 0.15) is 6.07 Å². The summed E-state index contributed by atoms with van der Waals surface area (Å²) >= 11 is 0. The van der Waals surface area contributed by atoms with Gasteiger partial charge >= 0.3 is 5.69 Å². The molecule has 10 heavy (non-hydrogen) atoms. The van der Waals surface area contributed by atoms with Gasteiger partial charge in [-0.05, 0) is 0 Å². The Balaban J connectivity index is 3.34. The largest absolute Gasteiger partial charge is 0.347 e. The summed E-state index contributed by atoms with van der Waals surface area (Å²) in [7, 11) is 1.55. The van der Waals surface area contributed by atoms with Crippen LogP contribution in [0.5, 0.6) is 0 Å². The van der Waals surface area contributed by atoms with E-state index < -0.39 is 0 Å². The molecular formula is C6H5N3O. The highest BCUT2D eigenvalue weighted by molar-refractivity contribution is 5.20. The molecule has 1 aromatic heterocycles. The first-order valence-electron chi connectivity index (χ1n) is 2.67. The number of hydrogen-bond acceptors (Lipinski definition) is 3. The molecule has 0 amide bonds. The number of aromatic nitrogens is 2. The molecule has 0 radical (unpaired) electrons. The van der Waals surface area contributed by atoms with Gasteiger partial charge in [-0.25, -0.2) is 9.78 Å². The summed E-state index contributed by atoms with van der Waals surface area (Å²) in [5.41, 5.74) is 0.0427. The number of rotatable bonds is 0. The van der Waals surface area contributed by atoms with Crippen molar-refractivity contribution in [3.8, 4) is 6.07 Å². The van der Waals surface area contributed by atoms with Crippen LogP contribution in [0.25, 0.3) is 0 Å². The Morgan fingerprint density at radius 2 is 2.50 bits per heavy atom. The van der Waals surface area contributed by atoms with Crippen LogP contribution >= 0.6 is 0 Å². The first-order chi connectivity index (χ1) is 4.74. The minimum Gasteiger partial charge on any atom is -0.301 e. The molecule has 0 unspecified atom stereocenters. The maximum absolute atomic E-state index is 10.6. The van der Waals surface area contributed by atoms with E-state index in [0.29, 0.717) is 5.56 Å². The van der Waals surface area contributed by atoms with Gasteiger partial charge in [0.05, 0.1) is 11.8 Å². The molecule has 0 saturated heterocycles. The Hall–Kier alpha value is -1.63. The van der Waals surface area contributed by atoms with Crippen molar-refractivity contribution in [3.05, 3.63) is 28.4 Å². The molecular weight excluding hydrogens is 130 g/mol. The fourth-order valence-corrected chi connectivity index (χ4v) is 0.571. The lowest BCUT2D eigenvalue weighted by Crippen LogP contribution is -2.18.